The maximum absolute atomic E-state index is 6.17. The molecule has 3 nitrogen and oxygen atoms in total. The Morgan fingerprint density at radius 2 is 1.96 bits per heavy atom. The maximum Gasteiger partial charge on any atom is 0.119 e. The lowest BCUT2D eigenvalue weighted by molar-refractivity contribution is 0.0679. The minimum Gasteiger partial charge on any atom is -0.491 e. The van der Waals surface area contributed by atoms with Gasteiger partial charge in [0.1, 0.15) is 12.4 Å². The molecule has 23 heavy (non-hydrogen) atoms. The Balaban J connectivity index is 1.50. The highest BCUT2D eigenvalue weighted by atomic mass is 35.5. The topological polar surface area (TPSA) is 30.5 Å². The van der Waals surface area contributed by atoms with Crippen molar-refractivity contribution < 1.29 is 9.47 Å². The van der Waals surface area contributed by atoms with E-state index in [1.165, 1.54) is 0 Å². The summed E-state index contributed by atoms with van der Waals surface area (Å²) in [4.78, 5) is 0. The van der Waals surface area contributed by atoms with Gasteiger partial charge in [-0.1, -0.05) is 29.3 Å². The lowest BCUT2D eigenvalue weighted by Gasteiger charge is -2.12. The summed E-state index contributed by atoms with van der Waals surface area (Å²) in [5.74, 6) is 0.857. The van der Waals surface area contributed by atoms with Gasteiger partial charge in [0, 0.05) is 28.9 Å². The average Bonchev–Trinajstić information content (AvgIpc) is 3.07. The van der Waals surface area contributed by atoms with Crippen molar-refractivity contribution in [2.45, 2.75) is 25.5 Å². The molecule has 0 bridgehead atoms. The van der Waals surface area contributed by atoms with Crippen molar-refractivity contribution in [2.75, 3.05) is 18.5 Å². The fourth-order valence-electron chi connectivity index (χ4n) is 2.50. The summed E-state index contributed by atoms with van der Waals surface area (Å²) in [6, 6.07) is 13.4. The van der Waals surface area contributed by atoms with E-state index in [2.05, 4.69) is 5.32 Å². The molecule has 3 rings (SSSR count). The van der Waals surface area contributed by atoms with Gasteiger partial charge >= 0.3 is 0 Å². The van der Waals surface area contributed by atoms with E-state index < -0.39 is 0 Å². The zero-order chi connectivity index (χ0) is 16.1. The third-order valence-electron chi connectivity index (χ3n) is 3.81. The van der Waals surface area contributed by atoms with Crippen LogP contribution < -0.4 is 10.1 Å². The zero-order valence-corrected chi connectivity index (χ0v) is 14.2. The second-order valence-corrected chi connectivity index (χ2v) is 6.40. The van der Waals surface area contributed by atoms with Crippen molar-refractivity contribution >= 4 is 28.9 Å². The fraction of sp³-hybridized carbons (Fsp3) is 0.333. The Kier molecular flexibility index (Phi) is 5.65. The van der Waals surface area contributed by atoms with E-state index in [-0.39, 0.29) is 6.10 Å². The molecule has 2 aromatic rings. The molecule has 0 aliphatic carbocycles. The summed E-state index contributed by atoms with van der Waals surface area (Å²) in [6.45, 7) is 2.11. The number of hydrogen-bond acceptors (Lipinski definition) is 3. The zero-order valence-electron chi connectivity index (χ0n) is 12.7. The highest BCUT2D eigenvalue weighted by Gasteiger charge is 2.15. The second-order valence-electron chi connectivity index (χ2n) is 5.56. The van der Waals surface area contributed by atoms with Crippen molar-refractivity contribution in [1.82, 2.24) is 0 Å². The molecule has 0 saturated carbocycles. The van der Waals surface area contributed by atoms with Crippen molar-refractivity contribution in [3.63, 3.8) is 0 Å². The predicted molar refractivity (Wildman–Crippen MR) is 94.7 cm³/mol. The first-order valence-corrected chi connectivity index (χ1v) is 8.48. The van der Waals surface area contributed by atoms with Crippen molar-refractivity contribution in [3.05, 3.63) is 58.1 Å². The van der Waals surface area contributed by atoms with Gasteiger partial charge in [0.2, 0.25) is 0 Å². The van der Waals surface area contributed by atoms with E-state index in [0.717, 1.165) is 36.4 Å². The minimum absolute atomic E-state index is 0.236. The molecule has 0 aromatic heterocycles. The summed E-state index contributed by atoms with van der Waals surface area (Å²) >= 11 is 12.1. The smallest absolute Gasteiger partial charge is 0.119 e. The number of halogens is 2. The van der Waals surface area contributed by atoms with Crippen molar-refractivity contribution in [3.8, 4) is 5.75 Å². The molecule has 1 aliphatic heterocycles. The second kappa shape index (κ2) is 7.91. The van der Waals surface area contributed by atoms with E-state index in [1.54, 1.807) is 6.07 Å². The van der Waals surface area contributed by atoms with Crippen LogP contribution >= 0.6 is 23.2 Å². The van der Waals surface area contributed by atoms with Crippen LogP contribution in [-0.4, -0.2) is 19.3 Å². The molecule has 0 spiro atoms. The molecule has 0 radical (unpaired) electrons. The third-order valence-corrected chi connectivity index (χ3v) is 4.40. The lowest BCUT2D eigenvalue weighted by atomic mass is 10.2. The van der Waals surface area contributed by atoms with Crippen LogP contribution in [0.15, 0.2) is 42.5 Å². The standard InChI is InChI=1S/C18H19Cl2NO2/c19-14-4-3-13(18(20)10-14)11-21-15-5-7-16(8-6-15)23-12-17-2-1-9-22-17/h3-8,10,17,21H,1-2,9,11-12H2. The number of anilines is 1. The van der Waals surface area contributed by atoms with Gasteiger partial charge in [-0.3, -0.25) is 0 Å². The largest absolute Gasteiger partial charge is 0.491 e. The molecule has 1 N–H and O–H groups in total. The van der Waals surface area contributed by atoms with Gasteiger partial charge in [-0.05, 0) is 54.8 Å². The monoisotopic (exact) mass is 351 g/mol. The van der Waals surface area contributed by atoms with Gasteiger partial charge in [0.05, 0.1) is 6.10 Å². The molecular formula is C18H19Cl2NO2. The predicted octanol–water partition coefficient (Wildman–Crippen LogP) is 5.16. The van der Waals surface area contributed by atoms with Crippen LogP contribution in [0, 0.1) is 0 Å². The summed E-state index contributed by atoms with van der Waals surface area (Å²) in [7, 11) is 0. The van der Waals surface area contributed by atoms with E-state index >= 15 is 0 Å². The van der Waals surface area contributed by atoms with Gasteiger partial charge in [0.25, 0.3) is 0 Å². The van der Waals surface area contributed by atoms with Crippen LogP contribution in [0.25, 0.3) is 0 Å². The maximum atomic E-state index is 6.17. The Hall–Kier alpha value is -1.42. The van der Waals surface area contributed by atoms with E-state index in [1.807, 2.05) is 36.4 Å². The molecule has 1 fully saturated rings. The molecule has 1 saturated heterocycles. The first kappa shape index (κ1) is 16.4. The van der Waals surface area contributed by atoms with Crippen molar-refractivity contribution in [2.24, 2.45) is 0 Å². The average molecular weight is 352 g/mol. The summed E-state index contributed by atoms with van der Waals surface area (Å²) in [6.07, 6.45) is 2.45. The summed E-state index contributed by atoms with van der Waals surface area (Å²) in [5.41, 5.74) is 2.02. The first-order chi connectivity index (χ1) is 11.2. The number of nitrogens with one attached hydrogen (secondary N) is 1. The van der Waals surface area contributed by atoms with Gasteiger partial charge in [-0.25, -0.2) is 0 Å². The van der Waals surface area contributed by atoms with Crippen LogP contribution in [0.5, 0.6) is 5.75 Å². The van der Waals surface area contributed by atoms with Crippen LogP contribution in [0.2, 0.25) is 10.0 Å². The molecule has 1 aliphatic rings. The molecule has 1 unspecified atom stereocenters. The quantitative estimate of drug-likeness (QED) is 0.779. The van der Waals surface area contributed by atoms with Gasteiger partial charge < -0.3 is 14.8 Å². The Morgan fingerprint density at radius 3 is 2.65 bits per heavy atom. The Labute approximate surface area is 146 Å². The van der Waals surface area contributed by atoms with Gasteiger partial charge in [-0.15, -0.1) is 0 Å². The Morgan fingerprint density at radius 1 is 1.13 bits per heavy atom. The van der Waals surface area contributed by atoms with Crippen LogP contribution in [0.4, 0.5) is 5.69 Å². The molecule has 0 amide bonds. The highest BCUT2D eigenvalue weighted by molar-refractivity contribution is 6.35. The normalized spacial score (nSPS) is 17.2. The lowest BCUT2D eigenvalue weighted by Crippen LogP contribution is -2.16. The van der Waals surface area contributed by atoms with Gasteiger partial charge in [-0.2, -0.15) is 0 Å². The van der Waals surface area contributed by atoms with Crippen LogP contribution in [0.3, 0.4) is 0 Å². The Bertz CT molecular complexity index is 640. The molecule has 2 aromatic carbocycles. The number of benzene rings is 2. The molecule has 1 atom stereocenters. The minimum atomic E-state index is 0.236. The van der Waals surface area contributed by atoms with E-state index in [9.17, 15) is 0 Å². The third kappa shape index (κ3) is 4.77. The molecule has 122 valence electrons. The number of ether oxygens (including phenoxy) is 2. The number of hydrogen-bond donors (Lipinski definition) is 1. The van der Waals surface area contributed by atoms with Crippen LogP contribution in [0.1, 0.15) is 18.4 Å². The summed E-state index contributed by atoms with van der Waals surface area (Å²) in [5, 5.41) is 4.65. The van der Waals surface area contributed by atoms with Crippen LogP contribution in [-0.2, 0) is 11.3 Å². The summed E-state index contributed by atoms with van der Waals surface area (Å²) < 4.78 is 11.3. The van der Waals surface area contributed by atoms with Crippen molar-refractivity contribution in [1.29, 1.82) is 0 Å². The molecule has 5 heteroatoms. The molecule has 1 heterocycles. The van der Waals surface area contributed by atoms with Gasteiger partial charge in [0.15, 0.2) is 0 Å². The first-order valence-electron chi connectivity index (χ1n) is 7.73. The number of rotatable bonds is 6. The SMILES string of the molecule is Clc1ccc(CNc2ccc(OCC3CCCO3)cc2)c(Cl)c1. The van der Waals surface area contributed by atoms with E-state index in [4.69, 9.17) is 32.7 Å². The fourth-order valence-corrected chi connectivity index (χ4v) is 2.97. The molecular weight excluding hydrogens is 333 g/mol. The van der Waals surface area contributed by atoms with E-state index in [0.29, 0.717) is 23.2 Å². The highest BCUT2D eigenvalue weighted by Crippen LogP contribution is 2.23.